The Morgan fingerprint density at radius 2 is 1.94 bits per heavy atom. The molecule has 0 saturated heterocycles. The van der Waals surface area contributed by atoms with Gasteiger partial charge in [0.2, 0.25) is 0 Å². The lowest BCUT2D eigenvalue weighted by molar-refractivity contribution is 0.559. The summed E-state index contributed by atoms with van der Waals surface area (Å²) in [4.78, 5) is 4.32. The van der Waals surface area contributed by atoms with Crippen LogP contribution in [0.25, 0.3) is 0 Å². The molecule has 0 radical (unpaired) electrons. The summed E-state index contributed by atoms with van der Waals surface area (Å²) in [5.41, 5.74) is 2.30. The Morgan fingerprint density at radius 1 is 1.11 bits per heavy atom. The van der Waals surface area contributed by atoms with Crippen LogP contribution in [0.4, 0.5) is 8.78 Å². The van der Waals surface area contributed by atoms with Gasteiger partial charge in [-0.15, -0.1) is 0 Å². The van der Waals surface area contributed by atoms with Gasteiger partial charge in [-0.2, -0.15) is 0 Å². The maximum absolute atomic E-state index is 13.3. The van der Waals surface area contributed by atoms with Gasteiger partial charge >= 0.3 is 0 Å². The van der Waals surface area contributed by atoms with Crippen molar-refractivity contribution in [3.8, 4) is 0 Å². The number of halogens is 2. The van der Waals surface area contributed by atoms with Gasteiger partial charge in [-0.05, 0) is 25.1 Å². The second-order valence-electron chi connectivity index (χ2n) is 4.11. The van der Waals surface area contributed by atoms with E-state index in [0.29, 0.717) is 18.7 Å². The standard InChI is InChI=1S/C14H14F2N2/c1-10-3-2-4-13(18-10)9-17-8-11-5-6-12(15)7-14(11)16/h2-7,17H,8-9H2,1H3. The van der Waals surface area contributed by atoms with Crippen LogP contribution >= 0.6 is 0 Å². The number of nitrogens with one attached hydrogen (secondary N) is 1. The summed E-state index contributed by atoms with van der Waals surface area (Å²) < 4.78 is 26.1. The smallest absolute Gasteiger partial charge is 0.130 e. The summed E-state index contributed by atoms with van der Waals surface area (Å²) in [6.45, 7) is 2.82. The molecule has 0 atom stereocenters. The highest BCUT2D eigenvalue weighted by Crippen LogP contribution is 2.09. The van der Waals surface area contributed by atoms with E-state index in [1.165, 1.54) is 12.1 Å². The molecular weight excluding hydrogens is 234 g/mol. The van der Waals surface area contributed by atoms with Crippen molar-refractivity contribution >= 4 is 0 Å². The van der Waals surface area contributed by atoms with Gasteiger partial charge in [-0.3, -0.25) is 4.98 Å². The maximum atomic E-state index is 13.3. The highest BCUT2D eigenvalue weighted by atomic mass is 19.1. The van der Waals surface area contributed by atoms with Crippen LogP contribution < -0.4 is 5.32 Å². The lowest BCUT2D eigenvalue weighted by Crippen LogP contribution is -2.14. The van der Waals surface area contributed by atoms with Gasteiger partial charge in [0, 0.05) is 30.4 Å². The highest BCUT2D eigenvalue weighted by molar-refractivity contribution is 5.18. The fraction of sp³-hybridized carbons (Fsp3) is 0.214. The molecule has 1 heterocycles. The van der Waals surface area contributed by atoms with Crippen molar-refractivity contribution in [2.75, 3.05) is 0 Å². The summed E-state index contributed by atoms with van der Waals surface area (Å²) in [6, 6.07) is 9.34. The third kappa shape index (κ3) is 3.34. The van der Waals surface area contributed by atoms with Gasteiger partial charge < -0.3 is 5.32 Å². The van der Waals surface area contributed by atoms with Crippen molar-refractivity contribution in [2.45, 2.75) is 20.0 Å². The topological polar surface area (TPSA) is 24.9 Å². The fourth-order valence-corrected chi connectivity index (χ4v) is 1.69. The number of hydrogen-bond donors (Lipinski definition) is 1. The lowest BCUT2D eigenvalue weighted by Gasteiger charge is -2.06. The van der Waals surface area contributed by atoms with Crippen LogP contribution in [0.5, 0.6) is 0 Å². The predicted molar refractivity (Wildman–Crippen MR) is 65.9 cm³/mol. The van der Waals surface area contributed by atoms with Crippen molar-refractivity contribution in [1.82, 2.24) is 10.3 Å². The van der Waals surface area contributed by atoms with E-state index >= 15 is 0 Å². The zero-order valence-corrected chi connectivity index (χ0v) is 10.1. The molecule has 0 unspecified atom stereocenters. The molecule has 1 N–H and O–H groups in total. The minimum atomic E-state index is -0.559. The quantitative estimate of drug-likeness (QED) is 0.899. The molecule has 1 aromatic carbocycles. The van der Waals surface area contributed by atoms with Crippen molar-refractivity contribution in [1.29, 1.82) is 0 Å². The van der Waals surface area contributed by atoms with Crippen LogP contribution in [0.15, 0.2) is 36.4 Å². The molecule has 18 heavy (non-hydrogen) atoms. The Hall–Kier alpha value is -1.81. The third-order valence-electron chi connectivity index (χ3n) is 2.58. The van der Waals surface area contributed by atoms with Crippen LogP contribution in [-0.4, -0.2) is 4.98 Å². The molecule has 0 aliphatic heterocycles. The number of rotatable bonds is 4. The SMILES string of the molecule is Cc1cccc(CNCc2ccc(F)cc2F)n1. The normalized spacial score (nSPS) is 10.6. The number of aromatic nitrogens is 1. The average molecular weight is 248 g/mol. The fourth-order valence-electron chi connectivity index (χ4n) is 1.69. The zero-order chi connectivity index (χ0) is 13.0. The molecule has 1 aromatic heterocycles. The third-order valence-corrected chi connectivity index (χ3v) is 2.58. The molecule has 94 valence electrons. The molecule has 2 rings (SSSR count). The van der Waals surface area contributed by atoms with E-state index in [2.05, 4.69) is 10.3 Å². The van der Waals surface area contributed by atoms with E-state index in [0.717, 1.165) is 17.5 Å². The summed E-state index contributed by atoms with van der Waals surface area (Å²) in [7, 11) is 0. The Balaban J connectivity index is 1.92. The van der Waals surface area contributed by atoms with Gasteiger partial charge in [0.1, 0.15) is 11.6 Å². The van der Waals surface area contributed by atoms with Gasteiger partial charge in [0.15, 0.2) is 0 Å². The molecule has 0 aliphatic rings. The second-order valence-corrected chi connectivity index (χ2v) is 4.11. The molecule has 2 nitrogen and oxygen atoms in total. The number of hydrogen-bond acceptors (Lipinski definition) is 2. The van der Waals surface area contributed by atoms with Gasteiger partial charge in [-0.1, -0.05) is 12.1 Å². The van der Waals surface area contributed by atoms with Crippen LogP contribution in [0.1, 0.15) is 17.0 Å². The van der Waals surface area contributed by atoms with E-state index < -0.39 is 11.6 Å². The molecule has 0 bridgehead atoms. The Labute approximate surface area is 105 Å². The van der Waals surface area contributed by atoms with E-state index in [4.69, 9.17) is 0 Å². The monoisotopic (exact) mass is 248 g/mol. The number of pyridine rings is 1. The van der Waals surface area contributed by atoms with Gasteiger partial charge in [0.05, 0.1) is 5.69 Å². The molecule has 0 spiro atoms. The first-order chi connectivity index (χ1) is 8.65. The average Bonchev–Trinajstić information content (AvgIpc) is 2.32. The molecule has 0 fully saturated rings. The van der Waals surface area contributed by atoms with Crippen LogP contribution in [-0.2, 0) is 13.1 Å². The van der Waals surface area contributed by atoms with Crippen LogP contribution in [0.3, 0.4) is 0 Å². The summed E-state index contributed by atoms with van der Waals surface area (Å²) >= 11 is 0. The maximum Gasteiger partial charge on any atom is 0.130 e. The highest BCUT2D eigenvalue weighted by Gasteiger charge is 2.03. The van der Waals surface area contributed by atoms with Gasteiger partial charge in [0.25, 0.3) is 0 Å². The molecule has 0 amide bonds. The second kappa shape index (κ2) is 5.69. The predicted octanol–water partition coefficient (Wildman–Crippen LogP) is 2.96. The van der Waals surface area contributed by atoms with Crippen molar-refractivity contribution in [3.63, 3.8) is 0 Å². The van der Waals surface area contributed by atoms with E-state index in [-0.39, 0.29) is 0 Å². The molecule has 4 heteroatoms. The minimum absolute atomic E-state index is 0.349. The Bertz CT molecular complexity index is 541. The summed E-state index contributed by atoms with van der Waals surface area (Å²) in [5, 5.41) is 3.08. The first-order valence-corrected chi connectivity index (χ1v) is 5.72. The van der Waals surface area contributed by atoms with E-state index in [1.807, 2.05) is 25.1 Å². The first-order valence-electron chi connectivity index (χ1n) is 5.72. The Kier molecular flexibility index (Phi) is 3.99. The zero-order valence-electron chi connectivity index (χ0n) is 10.1. The largest absolute Gasteiger partial charge is 0.307 e. The number of benzene rings is 1. The summed E-state index contributed by atoms with van der Waals surface area (Å²) in [6.07, 6.45) is 0. The first kappa shape index (κ1) is 12.6. The summed E-state index contributed by atoms with van der Waals surface area (Å²) in [5.74, 6) is -1.09. The molecule has 0 aliphatic carbocycles. The molecule has 2 aromatic rings. The lowest BCUT2D eigenvalue weighted by atomic mass is 10.2. The Morgan fingerprint density at radius 3 is 2.67 bits per heavy atom. The van der Waals surface area contributed by atoms with Crippen molar-refractivity contribution in [2.24, 2.45) is 0 Å². The number of nitrogens with zero attached hydrogens (tertiary/aromatic N) is 1. The molecular formula is C14H14F2N2. The van der Waals surface area contributed by atoms with Crippen molar-refractivity contribution in [3.05, 3.63) is 65.0 Å². The minimum Gasteiger partial charge on any atom is -0.307 e. The van der Waals surface area contributed by atoms with Gasteiger partial charge in [-0.25, -0.2) is 8.78 Å². The molecule has 0 saturated carbocycles. The van der Waals surface area contributed by atoms with E-state index in [1.54, 1.807) is 0 Å². The van der Waals surface area contributed by atoms with Crippen LogP contribution in [0, 0.1) is 18.6 Å². The van der Waals surface area contributed by atoms with Crippen molar-refractivity contribution < 1.29 is 8.78 Å². The van der Waals surface area contributed by atoms with E-state index in [9.17, 15) is 8.78 Å². The van der Waals surface area contributed by atoms with Crippen LogP contribution in [0.2, 0.25) is 0 Å². The number of aryl methyl sites for hydroxylation is 1.